The molecule has 0 radical (unpaired) electrons. The van der Waals surface area contributed by atoms with E-state index in [1.807, 2.05) is 6.07 Å². The third kappa shape index (κ3) is 4.19. The first-order chi connectivity index (χ1) is 9.15. The maximum absolute atomic E-state index is 5.94. The summed E-state index contributed by atoms with van der Waals surface area (Å²) in [6.07, 6.45) is 1.64. The van der Waals surface area contributed by atoms with Crippen molar-refractivity contribution in [2.75, 3.05) is 5.32 Å². The number of thiocarbonyl (C=S) groups is 1. The van der Waals surface area contributed by atoms with E-state index in [9.17, 15) is 0 Å². The van der Waals surface area contributed by atoms with Crippen molar-refractivity contribution in [2.24, 2.45) is 0 Å². The molecule has 98 valence electrons. The molecule has 0 amide bonds. The van der Waals surface area contributed by atoms with Gasteiger partial charge in [-0.05, 0) is 36.8 Å². The normalized spacial score (nSPS) is 10.0. The van der Waals surface area contributed by atoms with Gasteiger partial charge < -0.3 is 10.6 Å². The van der Waals surface area contributed by atoms with Crippen LogP contribution in [-0.4, -0.2) is 10.1 Å². The summed E-state index contributed by atoms with van der Waals surface area (Å²) in [5.41, 5.74) is 3.11. The minimum Gasteiger partial charge on any atom is -0.358 e. The van der Waals surface area contributed by atoms with Gasteiger partial charge in [0.2, 0.25) is 0 Å². The van der Waals surface area contributed by atoms with E-state index in [2.05, 4.69) is 46.8 Å². The monoisotopic (exact) mass is 291 g/mol. The molecule has 0 saturated carbocycles. The topological polar surface area (TPSA) is 37.0 Å². The van der Waals surface area contributed by atoms with Crippen molar-refractivity contribution < 1.29 is 0 Å². The first-order valence-corrected chi connectivity index (χ1v) is 6.64. The Kier molecular flexibility index (Phi) is 4.71. The molecule has 2 aromatic rings. The minimum atomic E-state index is 0.405. The highest BCUT2D eigenvalue weighted by atomic mass is 35.5. The van der Waals surface area contributed by atoms with Gasteiger partial charge in [-0.2, -0.15) is 0 Å². The fourth-order valence-corrected chi connectivity index (χ4v) is 1.88. The molecule has 19 heavy (non-hydrogen) atoms. The van der Waals surface area contributed by atoms with Crippen LogP contribution < -0.4 is 10.6 Å². The predicted octanol–water partition coefficient (Wildman–Crippen LogP) is 3.53. The minimum absolute atomic E-state index is 0.405. The standard InChI is InChI=1S/C14H14ClN3S/c1-10-4-6-11(7-5-10)9-17-14(19)18-12-3-2-8-16-13(12)15/h2-8H,9H2,1H3,(H2,17,18,19). The number of benzene rings is 1. The summed E-state index contributed by atoms with van der Waals surface area (Å²) in [7, 11) is 0. The van der Waals surface area contributed by atoms with Crippen LogP contribution in [0.4, 0.5) is 5.69 Å². The largest absolute Gasteiger partial charge is 0.358 e. The SMILES string of the molecule is Cc1ccc(CNC(=S)Nc2cccnc2Cl)cc1. The van der Waals surface area contributed by atoms with Crippen LogP contribution in [-0.2, 0) is 6.54 Å². The number of nitrogens with zero attached hydrogens (tertiary/aromatic N) is 1. The smallest absolute Gasteiger partial charge is 0.171 e. The zero-order valence-corrected chi connectivity index (χ0v) is 12.1. The van der Waals surface area contributed by atoms with Gasteiger partial charge in [-0.3, -0.25) is 0 Å². The summed E-state index contributed by atoms with van der Waals surface area (Å²) in [4.78, 5) is 3.98. The molecular weight excluding hydrogens is 278 g/mol. The molecule has 0 bridgehead atoms. The van der Waals surface area contributed by atoms with E-state index < -0.39 is 0 Å². The molecule has 0 saturated heterocycles. The molecule has 0 unspecified atom stereocenters. The Hall–Kier alpha value is -1.65. The van der Waals surface area contributed by atoms with E-state index in [0.717, 1.165) is 0 Å². The second kappa shape index (κ2) is 6.50. The van der Waals surface area contributed by atoms with Gasteiger partial charge in [-0.1, -0.05) is 41.4 Å². The Morgan fingerprint density at radius 1 is 1.26 bits per heavy atom. The molecule has 0 aliphatic carbocycles. The first kappa shape index (κ1) is 13.8. The molecule has 0 spiro atoms. The molecule has 5 heteroatoms. The van der Waals surface area contributed by atoms with Crippen LogP contribution in [0.25, 0.3) is 0 Å². The second-order valence-corrected chi connectivity index (χ2v) is 4.90. The molecule has 0 fully saturated rings. The van der Waals surface area contributed by atoms with E-state index in [1.54, 1.807) is 12.3 Å². The molecule has 0 aliphatic heterocycles. The summed E-state index contributed by atoms with van der Waals surface area (Å²) in [5, 5.41) is 7.07. The molecule has 0 atom stereocenters. The third-order valence-electron chi connectivity index (χ3n) is 2.58. The van der Waals surface area contributed by atoms with Crippen molar-refractivity contribution in [1.82, 2.24) is 10.3 Å². The first-order valence-electron chi connectivity index (χ1n) is 5.86. The summed E-state index contributed by atoms with van der Waals surface area (Å²) in [6, 6.07) is 11.9. The molecular formula is C14H14ClN3S. The van der Waals surface area contributed by atoms with Gasteiger partial charge in [0.1, 0.15) is 0 Å². The van der Waals surface area contributed by atoms with Crippen LogP contribution in [0, 0.1) is 6.92 Å². The van der Waals surface area contributed by atoms with Gasteiger partial charge >= 0.3 is 0 Å². The van der Waals surface area contributed by atoms with Gasteiger partial charge in [0.05, 0.1) is 5.69 Å². The molecule has 1 aromatic heterocycles. The summed E-state index contributed by atoms with van der Waals surface area (Å²) in [6.45, 7) is 2.73. The highest BCUT2D eigenvalue weighted by Crippen LogP contribution is 2.17. The molecule has 0 aliphatic rings. The lowest BCUT2D eigenvalue weighted by Gasteiger charge is -2.11. The van der Waals surface area contributed by atoms with Gasteiger partial charge in [0.25, 0.3) is 0 Å². The fourth-order valence-electron chi connectivity index (χ4n) is 1.53. The molecule has 1 heterocycles. The van der Waals surface area contributed by atoms with Gasteiger partial charge in [-0.15, -0.1) is 0 Å². The highest BCUT2D eigenvalue weighted by Gasteiger charge is 2.02. The summed E-state index contributed by atoms with van der Waals surface area (Å²) in [5.74, 6) is 0. The van der Waals surface area contributed by atoms with Crippen molar-refractivity contribution in [3.05, 3.63) is 58.9 Å². The number of halogens is 1. The molecule has 2 rings (SSSR count). The van der Waals surface area contributed by atoms with Crippen LogP contribution in [0.1, 0.15) is 11.1 Å². The van der Waals surface area contributed by atoms with Gasteiger partial charge in [-0.25, -0.2) is 4.98 Å². The zero-order chi connectivity index (χ0) is 13.7. The Morgan fingerprint density at radius 3 is 2.68 bits per heavy atom. The van der Waals surface area contributed by atoms with E-state index in [0.29, 0.717) is 22.5 Å². The van der Waals surface area contributed by atoms with E-state index in [-0.39, 0.29) is 0 Å². The highest BCUT2D eigenvalue weighted by molar-refractivity contribution is 7.80. The predicted molar refractivity (Wildman–Crippen MR) is 83.5 cm³/mol. The zero-order valence-electron chi connectivity index (χ0n) is 10.5. The van der Waals surface area contributed by atoms with Crippen LogP contribution in [0.3, 0.4) is 0 Å². The lowest BCUT2D eigenvalue weighted by Crippen LogP contribution is -2.28. The molecule has 1 aromatic carbocycles. The van der Waals surface area contributed by atoms with Crippen molar-refractivity contribution in [2.45, 2.75) is 13.5 Å². The Bertz CT molecular complexity index is 569. The maximum atomic E-state index is 5.94. The Balaban J connectivity index is 1.88. The van der Waals surface area contributed by atoms with Crippen LogP contribution >= 0.6 is 23.8 Å². The fraction of sp³-hybridized carbons (Fsp3) is 0.143. The quantitative estimate of drug-likeness (QED) is 0.670. The number of anilines is 1. The van der Waals surface area contributed by atoms with Crippen LogP contribution in [0.15, 0.2) is 42.6 Å². The number of hydrogen-bond acceptors (Lipinski definition) is 2. The lowest BCUT2D eigenvalue weighted by molar-refractivity contribution is 0.925. The average molecular weight is 292 g/mol. The number of pyridine rings is 1. The third-order valence-corrected chi connectivity index (χ3v) is 3.13. The molecule has 3 nitrogen and oxygen atoms in total. The van der Waals surface area contributed by atoms with Crippen LogP contribution in [0.5, 0.6) is 0 Å². The Morgan fingerprint density at radius 2 is 2.00 bits per heavy atom. The number of rotatable bonds is 3. The van der Waals surface area contributed by atoms with E-state index in [4.69, 9.17) is 23.8 Å². The number of aryl methyl sites for hydroxylation is 1. The van der Waals surface area contributed by atoms with Crippen molar-refractivity contribution >= 4 is 34.6 Å². The lowest BCUT2D eigenvalue weighted by atomic mass is 10.1. The summed E-state index contributed by atoms with van der Waals surface area (Å²) < 4.78 is 0. The van der Waals surface area contributed by atoms with Gasteiger partial charge in [0, 0.05) is 12.7 Å². The Labute approximate surface area is 123 Å². The van der Waals surface area contributed by atoms with Crippen molar-refractivity contribution in [3.63, 3.8) is 0 Å². The van der Waals surface area contributed by atoms with Crippen molar-refractivity contribution in [3.8, 4) is 0 Å². The molecule has 2 N–H and O–H groups in total. The van der Waals surface area contributed by atoms with Crippen LogP contribution in [0.2, 0.25) is 5.15 Å². The number of hydrogen-bond donors (Lipinski definition) is 2. The van der Waals surface area contributed by atoms with E-state index >= 15 is 0 Å². The average Bonchev–Trinajstić information content (AvgIpc) is 2.41. The summed E-state index contributed by atoms with van der Waals surface area (Å²) >= 11 is 11.2. The maximum Gasteiger partial charge on any atom is 0.171 e. The van der Waals surface area contributed by atoms with Gasteiger partial charge in [0.15, 0.2) is 10.3 Å². The number of aromatic nitrogens is 1. The van der Waals surface area contributed by atoms with Crippen molar-refractivity contribution in [1.29, 1.82) is 0 Å². The number of nitrogens with one attached hydrogen (secondary N) is 2. The second-order valence-electron chi connectivity index (χ2n) is 4.14. The van der Waals surface area contributed by atoms with E-state index in [1.165, 1.54) is 11.1 Å².